The summed E-state index contributed by atoms with van der Waals surface area (Å²) >= 11 is 6.18. The predicted molar refractivity (Wildman–Crippen MR) is 92.2 cm³/mol. The van der Waals surface area contributed by atoms with E-state index in [2.05, 4.69) is 5.32 Å². The van der Waals surface area contributed by atoms with Crippen LogP contribution in [-0.2, 0) is 9.59 Å². The number of nitrogens with one attached hydrogen (secondary N) is 1. The van der Waals surface area contributed by atoms with Crippen LogP contribution in [0.25, 0.3) is 0 Å². The molecule has 1 heterocycles. The summed E-state index contributed by atoms with van der Waals surface area (Å²) in [6, 6.07) is 7.43. The van der Waals surface area contributed by atoms with Crippen LogP contribution in [0, 0.1) is 11.8 Å². The van der Waals surface area contributed by atoms with Crippen molar-refractivity contribution in [1.29, 1.82) is 0 Å². The van der Waals surface area contributed by atoms with Crippen LogP contribution in [0.5, 0.6) is 0 Å². The summed E-state index contributed by atoms with van der Waals surface area (Å²) in [5.41, 5.74) is 0.926. The van der Waals surface area contributed by atoms with Gasteiger partial charge < -0.3 is 10.2 Å². The minimum atomic E-state index is -0.119. The summed E-state index contributed by atoms with van der Waals surface area (Å²) < 4.78 is 0. The second-order valence-corrected chi connectivity index (χ2v) is 6.91. The van der Waals surface area contributed by atoms with Gasteiger partial charge in [-0.15, -0.1) is 0 Å². The maximum absolute atomic E-state index is 12.4. The average Bonchev–Trinajstić information content (AvgIpc) is 2.54. The first-order chi connectivity index (χ1) is 10.9. The number of rotatable bonds is 4. The Balaban J connectivity index is 1.88. The molecule has 5 heteroatoms. The standard InChI is InChI=1S/C18H25ClN2O2/c1-12(2)18(23)21-10-8-14(9-11-21)17(22)20-13(3)15-6-4-5-7-16(15)19/h4-7,12-14H,8-11H2,1-3H3,(H,20,22). The van der Waals surface area contributed by atoms with Crippen molar-refractivity contribution in [3.8, 4) is 0 Å². The maximum Gasteiger partial charge on any atom is 0.225 e. The summed E-state index contributed by atoms with van der Waals surface area (Å²) in [5, 5.41) is 3.71. The number of hydrogen-bond acceptors (Lipinski definition) is 2. The van der Waals surface area contributed by atoms with Gasteiger partial charge in [0.2, 0.25) is 11.8 Å². The fraction of sp³-hybridized carbons (Fsp3) is 0.556. The number of likely N-dealkylation sites (tertiary alicyclic amines) is 1. The fourth-order valence-corrected chi connectivity index (χ4v) is 3.26. The van der Waals surface area contributed by atoms with E-state index in [4.69, 9.17) is 11.6 Å². The molecule has 0 saturated carbocycles. The number of hydrogen-bond donors (Lipinski definition) is 1. The van der Waals surface area contributed by atoms with Crippen molar-refractivity contribution in [3.63, 3.8) is 0 Å². The minimum Gasteiger partial charge on any atom is -0.349 e. The van der Waals surface area contributed by atoms with Gasteiger partial charge in [-0.05, 0) is 31.4 Å². The van der Waals surface area contributed by atoms with Crippen molar-refractivity contribution in [2.75, 3.05) is 13.1 Å². The Morgan fingerprint density at radius 1 is 1.17 bits per heavy atom. The highest BCUT2D eigenvalue weighted by Crippen LogP contribution is 2.24. The van der Waals surface area contributed by atoms with Gasteiger partial charge in [0.1, 0.15) is 0 Å². The molecule has 1 aromatic carbocycles. The van der Waals surface area contributed by atoms with Crippen molar-refractivity contribution in [2.45, 2.75) is 39.7 Å². The zero-order valence-corrected chi connectivity index (χ0v) is 14.8. The van der Waals surface area contributed by atoms with Crippen LogP contribution in [-0.4, -0.2) is 29.8 Å². The molecule has 0 spiro atoms. The van der Waals surface area contributed by atoms with Crippen molar-refractivity contribution < 1.29 is 9.59 Å². The van der Waals surface area contributed by atoms with Gasteiger partial charge in [-0.1, -0.05) is 43.6 Å². The van der Waals surface area contributed by atoms with Crippen LogP contribution < -0.4 is 5.32 Å². The Hall–Kier alpha value is -1.55. The molecule has 2 amide bonds. The molecular formula is C18H25ClN2O2. The number of nitrogens with zero attached hydrogens (tertiary/aromatic N) is 1. The smallest absolute Gasteiger partial charge is 0.225 e. The van der Waals surface area contributed by atoms with Crippen LogP contribution in [0.15, 0.2) is 24.3 Å². The van der Waals surface area contributed by atoms with E-state index in [0.717, 1.165) is 18.4 Å². The van der Waals surface area contributed by atoms with E-state index in [-0.39, 0.29) is 29.7 Å². The molecule has 1 saturated heterocycles. The van der Waals surface area contributed by atoms with E-state index in [0.29, 0.717) is 18.1 Å². The molecule has 1 atom stereocenters. The van der Waals surface area contributed by atoms with Gasteiger partial charge in [0.25, 0.3) is 0 Å². The van der Waals surface area contributed by atoms with E-state index >= 15 is 0 Å². The molecule has 0 aliphatic carbocycles. The van der Waals surface area contributed by atoms with Crippen LogP contribution in [0.2, 0.25) is 5.02 Å². The first-order valence-electron chi connectivity index (χ1n) is 8.23. The summed E-state index contributed by atoms with van der Waals surface area (Å²) in [4.78, 5) is 26.3. The van der Waals surface area contributed by atoms with Crippen molar-refractivity contribution in [2.24, 2.45) is 11.8 Å². The summed E-state index contributed by atoms with van der Waals surface area (Å²) in [6.07, 6.45) is 1.44. The van der Waals surface area contributed by atoms with E-state index in [1.807, 2.05) is 49.9 Å². The lowest BCUT2D eigenvalue weighted by atomic mass is 9.94. The Bertz CT molecular complexity index is 566. The van der Waals surface area contributed by atoms with E-state index in [1.54, 1.807) is 0 Å². The quantitative estimate of drug-likeness (QED) is 0.916. The number of carbonyl (C=O) groups excluding carboxylic acids is 2. The van der Waals surface area contributed by atoms with E-state index in [9.17, 15) is 9.59 Å². The van der Waals surface area contributed by atoms with Gasteiger partial charge in [0, 0.05) is 29.9 Å². The van der Waals surface area contributed by atoms with Crippen molar-refractivity contribution in [1.82, 2.24) is 10.2 Å². The third-order valence-corrected chi connectivity index (χ3v) is 4.75. The summed E-state index contributed by atoms with van der Waals surface area (Å²) in [7, 11) is 0. The zero-order chi connectivity index (χ0) is 17.0. The van der Waals surface area contributed by atoms with Crippen LogP contribution in [0.3, 0.4) is 0 Å². The molecule has 1 aromatic rings. The van der Waals surface area contributed by atoms with Crippen LogP contribution in [0.4, 0.5) is 0 Å². The highest BCUT2D eigenvalue weighted by Gasteiger charge is 2.29. The Kier molecular flexibility index (Phi) is 6.05. The molecule has 4 nitrogen and oxygen atoms in total. The molecule has 2 rings (SSSR count). The molecule has 23 heavy (non-hydrogen) atoms. The molecule has 1 N–H and O–H groups in total. The molecule has 0 radical (unpaired) electrons. The monoisotopic (exact) mass is 336 g/mol. The lowest BCUT2D eigenvalue weighted by molar-refractivity contribution is -0.138. The average molecular weight is 337 g/mol. The normalized spacial score (nSPS) is 17.2. The molecule has 1 fully saturated rings. The largest absolute Gasteiger partial charge is 0.349 e. The molecule has 1 aliphatic heterocycles. The molecule has 0 bridgehead atoms. The first-order valence-corrected chi connectivity index (χ1v) is 8.61. The van der Waals surface area contributed by atoms with Crippen molar-refractivity contribution in [3.05, 3.63) is 34.9 Å². The lowest BCUT2D eigenvalue weighted by Gasteiger charge is -2.33. The number of carbonyl (C=O) groups is 2. The van der Waals surface area contributed by atoms with E-state index in [1.165, 1.54) is 0 Å². The number of halogens is 1. The second kappa shape index (κ2) is 7.82. The SMILES string of the molecule is CC(C)C(=O)N1CCC(C(=O)NC(C)c2ccccc2Cl)CC1. The number of piperidine rings is 1. The van der Waals surface area contributed by atoms with Gasteiger partial charge in [0.15, 0.2) is 0 Å². The summed E-state index contributed by atoms with van der Waals surface area (Å²) in [5.74, 6) is 0.208. The molecular weight excluding hydrogens is 312 g/mol. The Morgan fingerprint density at radius 2 is 1.78 bits per heavy atom. The third kappa shape index (κ3) is 4.47. The predicted octanol–water partition coefficient (Wildman–Crippen LogP) is 3.41. The van der Waals surface area contributed by atoms with Crippen LogP contribution >= 0.6 is 11.6 Å². The second-order valence-electron chi connectivity index (χ2n) is 6.51. The van der Waals surface area contributed by atoms with Crippen molar-refractivity contribution >= 4 is 23.4 Å². The minimum absolute atomic E-state index is 0.0145. The number of benzene rings is 1. The Labute approximate surface area is 143 Å². The molecule has 1 aliphatic rings. The van der Waals surface area contributed by atoms with Gasteiger partial charge in [-0.2, -0.15) is 0 Å². The highest BCUT2D eigenvalue weighted by atomic mass is 35.5. The maximum atomic E-state index is 12.4. The molecule has 1 unspecified atom stereocenters. The number of amides is 2. The zero-order valence-electron chi connectivity index (χ0n) is 14.0. The fourth-order valence-electron chi connectivity index (χ4n) is 2.96. The highest BCUT2D eigenvalue weighted by molar-refractivity contribution is 6.31. The van der Waals surface area contributed by atoms with Gasteiger partial charge in [-0.3, -0.25) is 9.59 Å². The van der Waals surface area contributed by atoms with E-state index < -0.39 is 0 Å². The van der Waals surface area contributed by atoms with Gasteiger partial charge in [-0.25, -0.2) is 0 Å². The molecule has 0 aromatic heterocycles. The first kappa shape index (κ1) is 17.8. The van der Waals surface area contributed by atoms with Gasteiger partial charge in [0.05, 0.1) is 6.04 Å². The van der Waals surface area contributed by atoms with Gasteiger partial charge >= 0.3 is 0 Å². The summed E-state index contributed by atoms with van der Waals surface area (Å²) in [6.45, 7) is 7.08. The Morgan fingerprint density at radius 3 is 2.35 bits per heavy atom. The molecule has 126 valence electrons. The van der Waals surface area contributed by atoms with Crippen LogP contribution in [0.1, 0.15) is 45.2 Å². The lowest BCUT2D eigenvalue weighted by Crippen LogP contribution is -2.44. The topological polar surface area (TPSA) is 49.4 Å². The third-order valence-electron chi connectivity index (χ3n) is 4.40.